The predicted octanol–water partition coefficient (Wildman–Crippen LogP) is 3.74. The fourth-order valence-corrected chi connectivity index (χ4v) is 5.07. The van der Waals surface area contributed by atoms with Gasteiger partial charge in [-0.1, -0.05) is 13.0 Å². The number of aliphatic hydroxyl groups excluding tert-OH is 1. The predicted molar refractivity (Wildman–Crippen MR) is 162 cm³/mol. The number of rotatable bonds is 13. The monoisotopic (exact) mass is 596 g/mol. The first-order chi connectivity index (χ1) is 20.1. The van der Waals surface area contributed by atoms with Gasteiger partial charge in [0.25, 0.3) is 0 Å². The summed E-state index contributed by atoms with van der Waals surface area (Å²) in [6, 6.07) is 1.99. The molecule has 4 aromatic rings. The molecule has 224 valence electrons. The third-order valence-electron chi connectivity index (χ3n) is 6.72. The molecule has 0 radical (unpaired) electrons. The van der Waals surface area contributed by atoms with Crippen LogP contribution in [0.15, 0.2) is 54.7 Å². The van der Waals surface area contributed by atoms with E-state index in [-0.39, 0.29) is 24.4 Å². The first-order valence-corrected chi connectivity index (χ1v) is 14.3. The van der Waals surface area contributed by atoms with Crippen LogP contribution in [0.4, 0.5) is 15.2 Å². The number of aliphatic hydroxyl groups is 1. The second kappa shape index (κ2) is 13.2. The van der Waals surface area contributed by atoms with Crippen molar-refractivity contribution in [2.45, 2.75) is 53.2 Å². The second-order valence-electron chi connectivity index (χ2n) is 10.3. The van der Waals surface area contributed by atoms with Gasteiger partial charge in [0, 0.05) is 43.3 Å². The van der Waals surface area contributed by atoms with Crippen molar-refractivity contribution in [3.63, 3.8) is 0 Å². The molecule has 0 aliphatic carbocycles. The number of carbonyl (C=O) groups excluding carboxylic acids is 1. The molecule has 42 heavy (non-hydrogen) atoms. The Morgan fingerprint density at radius 2 is 2.07 bits per heavy atom. The van der Waals surface area contributed by atoms with Crippen LogP contribution in [0.3, 0.4) is 0 Å². The zero-order chi connectivity index (χ0) is 30.4. The number of nitrogens with zero attached hydrogens (tertiary/aromatic N) is 7. The Morgan fingerprint density at radius 1 is 1.29 bits per heavy atom. The molecule has 0 unspecified atom stereocenters. The van der Waals surface area contributed by atoms with Crippen molar-refractivity contribution in [1.82, 2.24) is 44.1 Å². The largest absolute Gasteiger partial charge is 0.394 e. The van der Waals surface area contributed by atoms with Crippen LogP contribution in [-0.2, 0) is 17.9 Å². The summed E-state index contributed by atoms with van der Waals surface area (Å²) in [5, 5.41) is 23.4. The standard InChI is InChI=1S/C28H37FN10O2S/c1-7-22(21(29)11-30-6)34-24(41)16-38-14-19(10-32-38)23-12-31-27-26(33-18(3)13-39(23)27)35-25-9-20(36-42-25)15-37(8-2)28(4,5)17-40/h7,9-14,30,40H,8,15-17H2,1-6H3,(H,33,35)(H,34,41)/b21-11+,22-7+. The van der Waals surface area contributed by atoms with Gasteiger partial charge in [-0.2, -0.15) is 9.47 Å². The number of allylic oxidation sites excluding steroid dienone is 2. The van der Waals surface area contributed by atoms with E-state index in [9.17, 15) is 14.3 Å². The van der Waals surface area contributed by atoms with E-state index in [0.29, 0.717) is 18.0 Å². The molecule has 0 saturated heterocycles. The maximum atomic E-state index is 14.1. The zero-order valence-electron chi connectivity index (χ0n) is 24.6. The third kappa shape index (κ3) is 7.01. The molecule has 4 N–H and O–H groups in total. The number of nitrogens with one attached hydrogen (secondary N) is 3. The lowest BCUT2D eigenvalue weighted by Crippen LogP contribution is -2.46. The lowest BCUT2D eigenvalue weighted by molar-refractivity contribution is -0.121. The normalized spacial score (nSPS) is 12.8. The molecule has 4 rings (SSSR count). The van der Waals surface area contributed by atoms with Gasteiger partial charge in [-0.3, -0.25) is 18.8 Å². The van der Waals surface area contributed by atoms with Crippen molar-refractivity contribution >= 4 is 33.9 Å². The molecule has 0 aliphatic heterocycles. The van der Waals surface area contributed by atoms with Gasteiger partial charge in [-0.15, -0.1) is 0 Å². The SMILES string of the molecule is C/C=C(NC(=O)Cn1cc(-c2cnc3c(Nc4cc(CN(CC)C(C)(C)CO)ns4)nc(C)cn23)cn1)\C(F)=C/NC. The van der Waals surface area contributed by atoms with Crippen molar-refractivity contribution in [3.05, 3.63) is 66.0 Å². The summed E-state index contributed by atoms with van der Waals surface area (Å²) < 4.78 is 22.1. The second-order valence-corrected chi connectivity index (χ2v) is 11.1. The molecule has 0 saturated carbocycles. The van der Waals surface area contributed by atoms with E-state index in [4.69, 9.17) is 0 Å². The number of hydrogen-bond donors (Lipinski definition) is 4. The van der Waals surface area contributed by atoms with Crippen molar-refractivity contribution in [2.75, 3.05) is 25.5 Å². The van der Waals surface area contributed by atoms with Gasteiger partial charge >= 0.3 is 0 Å². The number of carbonyl (C=O) groups is 1. The molecule has 4 heterocycles. The highest BCUT2D eigenvalue weighted by Crippen LogP contribution is 2.28. The molecule has 4 aromatic heterocycles. The van der Waals surface area contributed by atoms with Gasteiger partial charge in [0.2, 0.25) is 5.91 Å². The van der Waals surface area contributed by atoms with Gasteiger partial charge in [-0.25, -0.2) is 14.4 Å². The first-order valence-electron chi connectivity index (χ1n) is 13.5. The average molecular weight is 597 g/mol. The Bertz CT molecular complexity index is 1600. The number of aryl methyl sites for hydroxylation is 1. The van der Waals surface area contributed by atoms with Gasteiger partial charge in [0.05, 0.1) is 41.8 Å². The lowest BCUT2D eigenvalue weighted by Gasteiger charge is -2.35. The van der Waals surface area contributed by atoms with E-state index < -0.39 is 11.7 Å². The summed E-state index contributed by atoms with van der Waals surface area (Å²) in [7, 11) is 1.58. The van der Waals surface area contributed by atoms with Crippen LogP contribution in [0, 0.1) is 6.92 Å². The average Bonchev–Trinajstić information content (AvgIpc) is 3.70. The topological polar surface area (TPSA) is 138 Å². The first kappa shape index (κ1) is 30.8. The Balaban J connectivity index is 1.51. The molecule has 0 aromatic carbocycles. The molecule has 14 heteroatoms. The molecule has 0 spiro atoms. The number of hydrogen-bond acceptors (Lipinski definition) is 10. The number of likely N-dealkylation sites (N-methyl/N-ethyl adjacent to an activating group) is 1. The zero-order valence-corrected chi connectivity index (χ0v) is 25.5. The van der Waals surface area contributed by atoms with Crippen LogP contribution in [0.5, 0.6) is 0 Å². The number of halogens is 1. The molecule has 1 amide bonds. The van der Waals surface area contributed by atoms with Crippen LogP contribution < -0.4 is 16.0 Å². The summed E-state index contributed by atoms with van der Waals surface area (Å²) in [5.74, 6) is -0.397. The van der Waals surface area contributed by atoms with Crippen LogP contribution in [-0.4, -0.2) is 70.2 Å². The number of aromatic nitrogens is 6. The maximum absolute atomic E-state index is 14.1. The summed E-state index contributed by atoms with van der Waals surface area (Å²) >= 11 is 1.34. The molecular weight excluding hydrogens is 559 g/mol. The van der Waals surface area contributed by atoms with Gasteiger partial charge in [-0.05, 0) is 51.8 Å². The Labute approximate surface area is 248 Å². The molecular formula is C28H37FN10O2S. The van der Waals surface area contributed by atoms with E-state index in [1.54, 1.807) is 32.6 Å². The van der Waals surface area contributed by atoms with Crippen molar-refractivity contribution in [3.8, 4) is 11.3 Å². The van der Waals surface area contributed by atoms with Crippen LogP contribution >= 0.6 is 11.5 Å². The van der Waals surface area contributed by atoms with Crippen LogP contribution in [0.25, 0.3) is 16.9 Å². The molecule has 0 bridgehead atoms. The van der Waals surface area contributed by atoms with Crippen molar-refractivity contribution < 1.29 is 14.3 Å². The fraction of sp³-hybridized carbons (Fsp3) is 0.393. The number of anilines is 2. The number of fused-ring (bicyclic) bond motifs is 1. The third-order valence-corrected chi connectivity index (χ3v) is 7.46. The minimum atomic E-state index is -0.572. The summed E-state index contributed by atoms with van der Waals surface area (Å²) in [6.07, 6.45) is 9.66. The van der Waals surface area contributed by atoms with E-state index >= 15 is 0 Å². The lowest BCUT2D eigenvalue weighted by atomic mass is 10.0. The minimum Gasteiger partial charge on any atom is -0.394 e. The molecule has 12 nitrogen and oxygen atoms in total. The van der Waals surface area contributed by atoms with Crippen LogP contribution in [0.2, 0.25) is 0 Å². The van der Waals surface area contributed by atoms with Crippen molar-refractivity contribution in [1.29, 1.82) is 0 Å². The van der Waals surface area contributed by atoms with E-state index in [1.807, 2.05) is 37.4 Å². The number of amides is 1. The Hall–Kier alpha value is -4.14. The summed E-state index contributed by atoms with van der Waals surface area (Å²) in [5.41, 5.74) is 3.56. The highest BCUT2D eigenvalue weighted by molar-refractivity contribution is 7.10. The van der Waals surface area contributed by atoms with Crippen LogP contribution in [0.1, 0.15) is 39.1 Å². The molecule has 0 aliphatic rings. The summed E-state index contributed by atoms with van der Waals surface area (Å²) in [6.45, 7) is 11.0. The fourth-order valence-electron chi connectivity index (χ4n) is 4.41. The van der Waals surface area contributed by atoms with E-state index in [2.05, 4.69) is 47.2 Å². The van der Waals surface area contributed by atoms with E-state index in [1.165, 1.54) is 28.5 Å². The summed E-state index contributed by atoms with van der Waals surface area (Å²) in [4.78, 5) is 24.0. The highest BCUT2D eigenvalue weighted by atomic mass is 32.1. The van der Waals surface area contributed by atoms with E-state index in [0.717, 1.165) is 34.2 Å². The van der Waals surface area contributed by atoms with Gasteiger partial charge in [0.1, 0.15) is 11.5 Å². The number of imidazole rings is 1. The minimum absolute atomic E-state index is 0.0568. The molecule has 0 atom stereocenters. The highest BCUT2D eigenvalue weighted by Gasteiger charge is 2.25. The smallest absolute Gasteiger partial charge is 0.246 e. The quantitative estimate of drug-likeness (QED) is 0.170. The Morgan fingerprint density at radius 3 is 2.76 bits per heavy atom. The Kier molecular flexibility index (Phi) is 9.70. The van der Waals surface area contributed by atoms with Gasteiger partial charge in [0.15, 0.2) is 17.3 Å². The maximum Gasteiger partial charge on any atom is 0.246 e. The molecule has 0 fully saturated rings. The van der Waals surface area contributed by atoms with Crippen molar-refractivity contribution in [2.24, 2.45) is 0 Å². The van der Waals surface area contributed by atoms with Gasteiger partial charge < -0.3 is 21.1 Å².